The Morgan fingerprint density at radius 1 is 0.979 bits per heavy atom. The monoisotopic (exact) mass is 693 g/mol. The van der Waals surface area contributed by atoms with Crippen molar-refractivity contribution in [1.29, 1.82) is 0 Å². The summed E-state index contributed by atoms with van der Waals surface area (Å²) < 4.78 is 112. The number of urea groups is 1. The van der Waals surface area contributed by atoms with E-state index in [1.807, 2.05) is 5.32 Å². The maximum absolute atomic E-state index is 14.9. The van der Waals surface area contributed by atoms with Gasteiger partial charge in [-0.25, -0.2) is 22.8 Å². The zero-order valence-corrected chi connectivity index (χ0v) is 26.0. The first-order valence-electron chi connectivity index (χ1n) is 13.9. The molecule has 1 atom stereocenters. The Bertz CT molecular complexity index is 1510. The van der Waals surface area contributed by atoms with E-state index in [1.54, 1.807) is 51.1 Å². The Morgan fingerprint density at radius 3 is 2.26 bits per heavy atom. The fourth-order valence-electron chi connectivity index (χ4n) is 4.27. The number of aromatic nitrogens is 1. The SMILES string of the molecule is CC(C)(C)OC(=O)COCC(F)(F)CNC(=O)NC(Cc1ccccc1)(c1cc(F)cc(OC(F)(F)C(F)F)c1)c1ccc(Cl)cn1. The summed E-state index contributed by atoms with van der Waals surface area (Å²) in [5.41, 5.74) is -2.80. The number of rotatable bonds is 14. The van der Waals surface area contributed by atoms with Gasteiger partial charge in [-0.3, -0.25) is 4.98 Å². The molecule has 3 rings (SSSR count). The highest BCUT2D eigenvalue weighted by atomic mass is 35.5. The molecule has 2 amide bonds. The van der Waals surface area contributed by atoms with Crippen molar-refractivity contribution in [2.45, 2.75) is 56.8 Å². The molecule has 0 saturated carbocycles. The van der Waals surface area contributed by atoms with Gasteiger partial charge in [0.1, 0.15) is 35.9 Å². The number of benzene rings is 2. The number of pyridine rings is 1. The van der Waals surface area contributed by atoms with Crippen molar-refractivity contribution in [3.05, 3.63) is 94.5 Å². The third-order valence-corrected chi connectivity index (χ3v) is 6.36. The molecular formula is C31H31ClF7N3O5. The van der Waals surface area contributed by atoms with Gasteiger partial charge in [-0.2, -0.15) is 17.6 Å². The summed E-state index contributed by atoms with van der Waals surface area (Å²) in [6.45, 7) is 1.38. The molecule has 1 unspecified atom stereocenters. The first-order chi connectivity index (χ1) is 21.8. The van der Waals surface area contributed by atoms with Gasteiger partial charge >= 0.3 is 24.5 Å². The van der Waals surface area contributed by atoms with Gasteiger partial charge in [0.2, 0.25) is 0 Å². The molecule has 0 saturated heterocycles. The number of nitrogens with one attached hydrogen (secondary N) is 2. The van der Waals surface area contributed by atoms with E-state index < -0.39 is 72.9 Å². The lowest BCUT2D eigenvalue weighted by molar-refractivity contribution is -0.253. The van der Waals surface area contributed by atoms with Crippen LogP contribution in [0.1, 0.15) is 37.6 Å². The first kappa shape index (κ1) is 37.3. The van der Waals surface area contributed by atoms with Crippen LogP contribution in [0, 0.1) is 5.82 Å². The number of hydrogen-bond acceptors (Lipinski definition) is 6. The quantitative estimate of drug-likeness (QED) is 0.141. The Kier molecular flexibility index (Phi) is 12.1. The number of esters is 1. The number of halogens is 8. The fraction of sp³-hybridized carbons (Fsp3) is 0.387. The molecule has 0 fully saturated rings. The third-order valence-electron chi connectivity index (χ3n) is 6.14. The van der Waals surface area contributed by atoms with Crippen LogP contribution >= 0.6 is 11.6 Å². The fourth-order valence-corrected chi connectivity index (χ4v) is 4.39. The lowest BCUT2D eigenvalue weighted by Crippen LogP contribution is -2.54. The topological polar surface area (TPSA) is 98.8 Å². The van der Waals surface area contributed by atoms with E-state index in [0.717, 1.165) is 18.3 Å². The second-order valence-corrected chi connectivity index (χ2v) is 11.7. The van der Waals surface area contributed by atoms with Crippen molar-refractivity contribution in [2.75, 3.05) is 19.8 Å². The maximum Gasteiger partial charge on any atom is 0.461 e. The number of alkyl halides is 6. The molecule has 47 heavy (non-hydrogen) atoms. The molecule has 1 heterocycles. The lowest BCUT2D eigenvalue weighted by atomic mass is 9.80. The van der Waals surface area contributed by atoms with Crippen LogP contribution in [0.4, 0.5) is 35.5 Å². The van der Waals surface area contributed by atoms with Gasteiger partial charge in [0.15, 0.2) is 0 Å². The number of nitrogens with zero attached hydrogens (tertiary/aromatic N) is 1. The van der Waals surface area contributed by atoms with Crippen LogP contribution in [0.15, 0.2) is 66.9 Å². The van der Waals surface area contributed by atoms with E-state index in [4.69, 9.17) is 21.1 Å². The van der Waals surface area contributed by atoms with Crippen molar-refractivity contribution in [1.82, 2.24) is 15.6 Å². The van der Waals surface area contributed by atoms with Gasteiger partial charge in [-0.05, 0) is 56.2 Å². The summed E-state index contributed by atoms with van der Waals surface area (Å²) in [6, 6.07) is 11.5. The van der Waals surface area contributed by atoms with Crippen molar-refractivity contribution in [3.63, 3.8) is 0 Å². The molecule has 2 aromatic carbocycles. The molecule has 0 aliphatic heterocycles. The average Bonchev–Trinajstić information content (AvgIpc) is 2.95. The Hall–Kier alpha value is -4.11. The minimum Gasteiger partial charge on any atom is -0.458 e. The zero-order chi connectivity index (χ0) is 35.0. The molecule has 0 aliphatic carbocycles. The summed E-state index contributed by atoms with van der Waals surface area (Å²) in [5.74, 6) is -6.82. The maximum atomic E-state index is 14.9. The van der Waals surface area contributed by atoms with Crippen LogP contribution < -0.4 is 15.4 Å². The molecule has 8 nitrogen and oxygen atoms in total. The predicted molar refractivity (Wildman–Crippen MR) is 156 cm³/mol. The second kappa shape index (κ2) is 15.2. The average molecular weight is 694 g/mol. The van der Waals surface area contributed by atoms with Crippen LogP contribution in [-0.4, -0.2) is 60.8 Å². The number of amides is 2. The van der Waals surface area contributed by atoms with Crippen molar-refractivity contribution >= 4 is 23.6 Å². The summed E-state index contributed by atoms with van der Waals surface area (Å²) in [4.78, 5) is 29.2. The van der Waals surface area contributed by atoms with E-state index >= 15 is 0 Å². The molecule has 3 aromatic rings. The summed E-state index contributed by atoms with van der Waals surface area (Å²) in [5, 5.41) is 4.60. The highest BCUT2D eigenvalue weighted by molar-refractivity contribution is 6.30. The highest BCUT2D eigenvalue weighted by Crippen LogP contribution is 2.37. The van der Waals surface area contributed by atoms with E-state index in [9.17, 15) is 40.3 Å². The third kappa shape index (κ3) is 11.3. The molecule has 0 bridgehead atoms. The minimum atomic E-state index is -5.01. The molecule has 2 N–H and O–H groups in total. The molecule has 256 valence electrons. The number of carbonyl (C=O) groups excluding carboxylic acids is 2. The van der Waals surface area contributed by atoms with Crippen LogP contribution in [-0.2, 0) is 26.2 Å². The van der Waals surface area contributed by atoms with E-state index in [0.29, 0.717) is 11.6 Å². The molecule has 1 aromatic heterocycles. The van der Waals surface area contributed by atoms with Crippen LogP contribution in [0.3, 0.4) is 0 Å². The van der Waals surface area contributed by atoms with Gasteiger partial charge in [-0.15, -0.1) is 0 Å². The first-order valence-corrected chi connectivity index (χ1v) is 14.2. The number of ether oxygens (including phenoxy) is 3. The summed E-state index contributed by atoms with van der Waals surface area (Å²) in [7, 11) is 0. The Labute approximate surface area is 270 Å². The lowest BCUT2D eigenvalue weighted by Gasteiger charge is -2.36. The normalized spacial score (nSPS) is 13.5. The summed E-state index contributed by atoms with van der Waals surface area (Å²) in [6.07, 6.45) is -8.39. The highest BCUT2D eigenvalue weighted by Gasteiger charge is 2.45. The van der Waals surface area contributed by atoms with Crippen LogP contribution in [0.25, 0.3) is 0 Å². The van der Waals surface area contributed by atoms with Crippen molar-refractivity contribution in [2.24, 2.45) is 0 Å². The Morgan fingerprint density at radius 2 is 1.66 bits per heavy atom. The molecule has 0 spiro atoms. The van der Waals surface area contributed by atoms with Crippen molar-refractivity contribution < 1.29 is 54.5 Å². The zero-order valence-electron chi connectivity index (χ0n) is 25.3. The molecule has 16 heteroatoms. The predicted octanol–water partition coefficient (Wildman–Crippen LogP) is 6.89. The van der Waals surface area contributed by atoms with E-state index in [-0.39, 0.29) is 22.7 Å². The minimum absolute atomic E-state index is 0.0643. The smallest absolute Gasteiger partial charge is 0.458 e. The Balaban J connectivity index is 1.98. The van der Waals surface area contributed by atoms with Gasteiger partial charge in [0.05, 0.1) is 17.3 Å². The summed E-state index contributed by atoms with van der Waals surface area (Å²) >= 11 is 6.00. The van der Waals surface area contributed by atoms with Gasteiger partial charge in [0.25, 0.3) is 5.92 Å². The standard InChI is InChI=1S/C31H31ClF7N3O5/c1-28(2,3)47-25(43)16-45-18-29(36,37)17-41-27(44)42-30(14-19-7-5-4-6-8-19,24-10-9-21(32)15-40-24)20-11-22(33)13-23(12-20)46-31(38,39)26(34)35/h4-13,15,26H,14,16-18H2,1-3H3,(H2,41,42,44). The van der Waals surface area contributed by atoms with Crippen LogP contribution in [0.5, 0.6) is 5.75 Å². The molecule has 0 radical (unpaired) electrons. The second-order valence-electron chi connectivity index (χ2n) is 11.3. The van der Waals surface area contributed by atoms with Gasteiger partial charge < -0.3 is 24.8 Å². The number of carbonyl (C=O) groups is 2. The molecular weight excluding hydrogens is 663 g/mol. The van der Waals surface area contributed by atoms with Crippen molar-refractivity contribution in [3.8, 4) is 5.75 Å². The molecule has 0 aliphatic rings. The number of hydrogen-bond donors (Lipinski definition) is 2. The van der Waals surface area contributed by atoms with E-state index in [2.05, 4.69) is 15.0 Å². The van der Waals surface area contributed by atoms with E-state index in [1.165, 1.54) is 12.1 Å². The largest absolute Gasteiger partial charge is 0.461 e. The van der Waals surface area contributed by atoms with Gasteiger partial charge in [-0.1, -0.05) is 41.9 Å². The van der Waals surface area contributed by atoms with Crippen LogP contribution in [0.2, 0.25) is 5.02 Å². The van der Waals surface area contributed by atoms with Gasteiger partial charge in [0, 0.05) is 18.7 Å².